The summed E-state index contributed by atoms with van der Waals surface area (Å²) in [5, 5.41) is 17.9. The van der Waals surface area contributed by atoms with Gasteiger partial charge in [0.05, 0.1) is 16.3 Å². The van der Waals surface area contributed by atoms with E-state index in [-0.39, 0.29) is 11.6 Å². The highest BCUT2D eigenvalue weighted by molar-refractivity contribution is 7.12. The minimum atomic E-state index is -0.480. The van der Waals surface area contributed by atoms with E-state index in [1.54, 1.807) is 6.07 Å². The molecule has 0 saturated carbocycles. The summed E-state index contributed by atoms with van der Waals surface area (Å²) in [6, 6.07) is 7.34. The Kier molecular flexibility index (Phi) is 6.57. The molecule has 0 aliphatic carbocycles. The summed E-state index contributed by atoms with van der Waals surface area (Å²) in [5.74, 6) is 0.00636. The van der Waals surface area contributed by atoms with Crippen LogP contribution in [-0.2, 0) is 13.1 Å². The van der Waals surface area contributed by atoms with Crippen molar-refractivity contribution in [2.45, 2.75) is 13.1 Å². The number of thiophene rings is 1. The van der Waals surface area contributed by atoms with Gasteiger partial charge in [0.25, 0.3) is 5.91 Å². The molecule has 0 radical (unpaired) electrons. The maximum atomic E-state index is 12.9. The van der Waals surface area contributed by atoms with Gasteiger partial charge in [-0.2, -0.15) is 5.10 Å². The number of aromatic nitrogens is 2. The van der Waals surface area contributed by atoms with Gasteiger partial charge in [-0.05, 0) is 34.7 Å². The number of nitro groups is 1. The topological polar surface area (TPSA) is 84.5 Å². The molecule has 4 rings (SSSR count). The molecular formula is C20H19Cl2N5O3S. The van der Waals surface area contributed by atoms with Gasteiger partial charge in [0.15, 0.2) is 0 Å². The number of piperazine rings is 1. The minimum Gasteiger partial charge on any atom is -0.335 e. The molecule has 1 aliphatic heterocycles. The Morgan fingerprint density at radius 2 is 1.94 bits per heavy atom. The Bertz CT molecular complexity index is 1110. The average Bonchev–Trinajstić information content (AvgIpc) is 3.40. The van der Waals surface area contributed by atoms with Crippen LogP contribution in [0.2, 0.25) is 10.0 Å². The lowest BCUT2D eigenvalue weighted by Gasteiger charge is -2.34. The van der Waals surface area contributed by atoms with E-state index in [9.17, 15) is 14.9 Å². The fraction of sp³-hybridized carbons (Fsp3) is 0.300. The number of benzene rings is 1. The number of rotatable bonds is 6. The molecular weight excluding hydrogens is 461 g/mol. The Labute approximate surface area is 192 Å². The van der Waals surface area contributed by atoms with E-state index < -0.39 is 4.92 Å². The van der Waals surface area contributed by atoms with Crippen molar-refractivity contribution in [1.29, 1.82) is 0 Å². The van der Waals surface area contributed by atoms with Crippen LogP contribution in [0.1, 0.15) is 20.8 Å². The second-order valence-electron chi connectivity index (χ2n) is 7.28. The SMILES string of the molecule is O=C(c1cc(Cn2cc([N+](=O)[O-])cn2)cs1)N1CCN(Cc2ccc(Cl)cc2Cl)CC1. The first-order chi connectivity index (χ1) is 14.9. The maximum Gasteiger partial charge on any atom is 0.307 e. The molecule has 1 saturated heterocycles. The van der Waals surface area contributed by atoms with Gasteiger partial charge in [-0.3, -0.25) is 24.5 Å². The Balaban J connectivity index is 1.32. The van der Waals surface area contributed by atoms with Gasteiger partial charge in [0, 0.05) is 42.8 Å². The Hall–Kier alpha value is -2.46. The molecule has 0 N–H and O–H groups in total. The molecule has 3 aromatic rings. The summed E-state index contributed by atoms with van der Waals surface area (Å²) in [5.41, 5.74) is 1.86. The monoisotopic (exact) mass is 479 g/mol. The standard InChI is InChI=1S/C20H19Cl2N5O3S/c21-16-2-1-15(18(22)8-16)11-24-3-5-25(6-4-24)20(28)19-7-14(13-31-19)10-26-12-17(9-23-26)27(29)30/h1-2,7-9,12-13H,3-6,10-11H2. The van der Waals surface area contributed by atoms with Gasteiger partial charge in [0.1, 0.15) is 12.4 Å². The number of amides is 1. The molecule has 11 heteroatoms. The summed E-state index contributed by atoms with van der Waals surface area (Å²) in [7, 11) is 0. The van der Waals surface area contributed by atoms with Crippen molar-refractivity contribution >= 4 is 46.1 Å². The summed E-state index contributed by atoms with van der Waals surface area (Å²) >= 11 is 13.6. The molecule has 31 heavy (non-hydrogen) atoms. The lowest BCUT2D eigenvalue weighted by Crippen LogP contribution is -2.48. The van der Waals surface area contributed by atoms with Crippen LogP contribution < -0.4 is 0 Å². The van der Waals surface area contributed by atoms with Crippen molar-refractivity contribution in [1.82, 2.24) is 19.6 Å². The van der Waals surface area contributed by atoms with E-state index in [1.165, 1.54) is 28.4 Å². The van der Waals surface area contributed by atoms with Crippen molar-refractivity contribution in [3.05, 3.63) is 78.2 Å². The number of hydrogen-bond donors (Lipinski definition) is 0. The highest BCUT2D eigenvalue weighted by atomic mass is 35.5. The fourth-order valence-electron chi connectivity index (χ4n) is 3.45. The second kappa shape index (κ2) is 9.35. The first-order valence-corrected chi connectivity index (χ1v) is 11.2. The molecule has 1 aromatic carbocycles. The van der Waals surface area contributed by atoms with E-state index >= 15 is 0 Å². The predicted octanol–water partition coefficient (Wildman–Crippen LogP) is 4.17. The molecule has 0 atom stereocenters. The van der Waals surface area contributed by atoms with E-state index in [0.717, 1.165) is 30.8 Å². The number of hydrogen-bond acceptors (Lipinski definition) is 6. The molecule has 0 spiro atoms. The zero-order chi connectivity index (χ0) is 22.0. The number of halogens is 2. The molecule has 2 aromatic heterocycles. The third-order valence-electron chi connectivity index (χ3n) is 5.11. The molecule has 1 aliphatic rings. The van der Waals surface area contributed by atoms with Crippen LogP contribution in [-0.4, -0.2) is 56.6 Å². The zero-order valence-corrected chi connectivity index (χ0v) is 18.7. The number of carbonyl (C=O) groups excluding carboxylic acids is 1. The third-order valence-corrected chi connectivity index (χ3v) is 6.66. The van der Waals surface area contributed by atoms with Crippen molar-refractivity contribution in [3.63, 3.8) is 0 Å². The van der Waals surface area contributed by atoms with Gasteiger partial charge in [-0.15, -0.1) is 11.3 Å². The van der Waals surface area contributed by atoms with Gasteiger partial charge < -0.3 is 4.90 Å². The molecule has 162 valence electrons. The molecule has 0 unspecified atom stereocenters. The van der Waals surface area contributed by atoms with Crippen molar-refractivity contribution in [3.8, 4) is 0 Å². The Morgan fingerprint density at radius 3 is 2.61 bits per heavy atom. The van der Waals surface area contributed by atoms with Gasteiger partial charge in [0.2, 0.25) is 0 Å². The lowest BCUT2D eigenvalue weighted by atomic mass is 10.2. The number of carbonyl (C=O) groups is 1. The van der Waals surface area contributed by atoms with E-state index in [1.807, 2.05) is 28.5 Å². The van der Waals surface area contributed by atoms with Crippen LogP contribution in [0.3, 0.4) is 0 Å². The largest absolute Gasteiger partial charge is 0.335 e. The van der Waals surface area contributed by atoms with Crippen molar-refractivity contribution < 1.29 is 9.72 Å². The average molecular weight is 480 g/mol. The highest BCUT2D eigenvalue weighted by Gasteiger charge is 2.24. The highest BCUT2D eigenvalue weighted by Crippen LogP contribution is 2.24. The van der Waals surface area contributed by atoms with Crippen LogP contribution in [0.5, 0.6) is 0 Å². The molecule has 3 heterocycles. The van der Waals surface area contributed by atoms with Crippen LogP contribution in [0.4, 0.5) is 5.69 Å². The third kappa shape index (κ3) is 5.24. The number of nitrogens with zero attached hydrogens (tertiary/aromatic N) is 5. The van der Waals surface area contributed by atoms with Crippen LogP contribution in [0.15, 0.2) is 42.0 Å². The summed E-state index contributed by atoms with van der Waals surface area (Å²) in [4.78, 5) is 28.0. The van der Waals surface area contributed by atoms with Gasteiger partial charge in [-0.1, -0.05) is 29.3 Å². The smallest absolute Gasteiger partial charge is 0.307 e. The summed E-state index contributed by atoms with van der Waals surface area (Å²) in [6.07, 6.45) is 2.60. The van der Waals surface area contributed by atoms with E-state index in [4.69, 9.17) is 23.2 Å². The fourth-order valence-corrected chi connectivity index (χ4v) is 4.79. The van der Waals surface area contributed by atoms with Gasteiger partial charge >= 0.3 is 5.69 Å². The summed E-state index contributed by atoms with van der Waals surface area (Å²) in [6.45, 7) is 3.91. The quantitative estimate of drug-likeness (QED) is 0.391. The molecule has 1 fully saturated rings. The first-order valence-electron chi connectivity index (χ1n) is 9.59. The van der Waals surface area contributed by atoms with Crippen molar-refractivity contribution in [2.75, 3.05) is 26.2 Å². The van der Waals surface area contributed by atoms with Crippen LogP contribution >= 0.6 is 34.5 Å². The Morgan fingerprint density at radius 1 is 1.16 bits per heavy atom. The summed E-state index contributed by atoms with van der Waals surface area (Å²) < 4.78 is 1.50. The normalized spacial score (nSPS) is 14.7. The minimum absolute atomic E-state index is 0.00636. The van der Waals surface area contributed by atoms with Crippen LogP contribution in [0, 0.1) is 10.1 Å². The first kappa shape index (κ1) is 21.8. The van der Waals surface area contributed by atoms with Gasteiger partial charge in [-0.25, -0.2) is 0 Å². The maximum absolute atomic E-state index is 12.9. The van der Waals surface area contributed by atoms with Crippen molar-refractivity contribution in [2.24, 2.45) is 0 Å². The van der Waals surface area contributed by atoms with E-state index in [2.05, 4.69) is 10.00 Å². The van der Waals surface area contributed by atoms with Crippen LogP contribution in [0.25, 0.3) is 0 Å². The molecule has 0 bridgehead atoms. The molecule has 8 nitrogen and oxygen atoms in total. The lowest BCUT2D eigenvalue weighted by molar-refractivity contribution is -0.385. The molecule has 1 amide bonds. The predicted molar refractivity (Wildman–Crippen MR) is 120 cm³/mol. The van der Waals surface area contributed by atoms with E-state index in [0.29, 0.717) is 34.6 Å². The second-order valence-corrected chi connectivity index (χ2v) is 9.03. The zero-order valence-electron chi connectivity index (χ0n) is 16.4.